The van der Waals surface area contributed by atoms with Gasteiger partial charge in [0, 0.05) is 5.69 Å². The standard InChI is InChI=1S/C25H24N4O/c1-18-16-22-23(28-29(27-22)20-12-6-3-7-13-20)17-21(18)26-24(30)25(14-8-9-15-25)19-10-4-2-5-11-19/h2-7,10-13,16-17H,8-9,14-15H2,1H3,(H,26,30). The monoisotopic (exact) mass is 396 g/mol. The molecular weight excluding hydrogens is 372 g/mol. The van der Waals surface area contributed by atoms with Gasteiger partial charge in [-0.05, 0) is 55.2 Å². The topological polar surface area (TPSA) is 59.8 Å². The number of rotatable bonds is 4. The first kappa shape index (κ1) is 18.6. The molecule has 1 aliphatic rings. The minimum Gasteiger partial charge on any atom is -0.325 e. The molecule has 0 bridgehead atoms. The number of fused-ring (bicyclic) bond motifs is 1. The predicted octanol–water partition coefficient (Wildman–Crippen LogP) is 5.18. The van der Waals surface area contributed by atoms with Gasteiger partial charge in [-0.25, -0.2) is 0 Å². The van der Waals surface area contributed by atoms with E-state index in [9.17, 15) is 4.79 Å². The van der Waals surface area contributed by atoms with Crippen molar-refractivity contribution in [3.63, 3.8) is 0 Å². The second-order valence-electron chi connectivity index (χ2n) is 8.09. The van der Waals surface area contributed by atoms with Crippen molar-refractivity contribution in [2.24, 2.45) is 0 Å². The molecule has 5 heteroatoms. The average Bonchev–Trinajstić information content (AvgIpc) is 3.43. The Hall–Kier alpha value is -3.47. The third-order valence-corrected chi connectivity index (χ3v) is 6.18. The minimum atomic E-state index is -0.454. The number of hydrogen-bond acceptors (Lipinski definition) is 3. The van der Waals surface area contributed by atoms with Gasteiger partial charge in [-0.15, -0.1) is 10.2 Å². The summed E-state index contributed by atoms with van der Waals surface area (Å²) < 4.78 is 0. The number of anilines is 1. The third-order valence-electron chi connectivity index (χ3n) is 6.18. The zero-order chi connectivity index (χ0) is 20.6. The van der Waals surface area contributed by atoms with Crippen LogP contribution in [0.1, 0.15) is 36.8 Å². The molecule has 1 heterocycles. The number of amides is 1. The van der Waals surface area contributed by atoms with Gasteiger partial charge in [0.15, 0.2) is 0 Å². The first-order valence-electron chi connectivity index (χ1n) is 10.5. The summed E-state index contributed by atoms with van der Waals surface area (Å²) in [6.07, 6.45) is 3.92. The first-order chi connectivity index (χ1) is 14.7. The van der Waals surface area contributed by atoms with Crippen LogP contribution in [0, 0.1) is 6.92 Å². The van der Waals surface area contributed by atoms with Crippen molar-refractivity contribution < 1.29 is 4.79 Å². The molecular formula is C25H24N4O. The highest BCUT2D eigenvalue weighted by molar-refractivity contribution is 6.01. The Morgan fingerprint density at radius 1 is 0.900 bits per heavy atom. The van der Waals surface area contributed by atoms with Crippen molar-refractivity contribution in [3.8, 4) is 5.69 Å². The summed E-state index contributed by atoms with van der Waals surface area (Å²) in [4.78, 5) is 15.1. The zero-order valence-electron chi connectivity index (χ0n) is 17.0. The van der Waals surface area contributed by atoms with E-state index in [1.807, 2.05) is 67.6 Å². The molecule has 0 aliphatic heterocycles. The van der Waals surface area contributed by atoms with Crippen LogP contribution in [-0.4, -0.2) is 20.9 Å². The first-order valence-corrected chi connectivity index (χ1v) is 10.5. The van der Waals surface area contributed by atoms with Crippen LogP contribution in [0.25, 0.3) is 16.7 Å². The lowest BCUT2D eigenvalue weighted by Crippen LogP contribution is -2.38. The fraction of sp³-hybridized carbons (Fsp3) is 0.240. The van der Waals surface area contributed by atoms with Crippen molar-refractivity contribution in [3.05, 3.63) is 83.9 Å². The molecule has 0 spiro atoms. The highest BCUT2D eigenvalue weighted by Crippen LogP contribution is 2.42. The van der Waals surface area contributed by atoms with Crippen molar-refractivity contribution in [2.45, 2.75) is 38.0 Å². The Kier molecular flexibility index (Phi) is 4.58. The number of aromatic nitrogens is 3. The summed E-state index contributed by atoms with van der Waals surface area (Å²) in [5.41, 5.74) is 4.92. The highest BCUT2D eigenvalue weighted by atomic mass is 16.2. The zero-order valence-corrected chi connectivity index (χ0v) is 17.0. The van der Waals surface area contributed by atoms with Gasteiger partial charge in [-0.3, -0.25) is 4.79 Å². The Labute approximate surface area is 175 Å². The van der Waals surface area contributed by atoms with Gasteiger partial charge < -0.3 is 5.32 Å². The van der Waals surface area contributed by atoms with Gasteiger partial charge in [0.2, 0.25) is 5.91 Å². The fourth-order valence-corrected chi connectivity index (χ4v) is 4.50. The van der Waals surface area contributed by atoms with Crippen LogP contribution in [0.2, 0.25) is 0 Å². The number of benzene rings is 3. The van der Waals surface area contributed by atoms with Crippen LogP contribution < -0.4 is 5.32 Å². The summed E-state index contributed by atoms with van der Waals surface area (Å²) >= 11 is 0. The SMILES string of the molecule is Cc1cc2nn(-c3ccccc3)nc2cc1NC(=O)C1(c2ccccc2)CCCC1. The molecule has 1 aromatic heterocycles. The van der Waals surface area contributed by atoms with E-state index in [1.54, 1.807) is 4.80 Å². The lowest BCUT2D eigenvalue weighted by molar-refractivity contribution is -0.121. The van der Waals surface area contributed by atoms with Gasteiger partial charge in [-0.2, -0.15) is 4.80 Å². The van der Waals surface area contributed by atoms with Crippen LogP contribution in [0.3, 0.4) is 0 Å². The molecule has 4 aromatic rings. The second-order valence-corrected chi connectivity index (χ2v) is 8.09. The van der Waals surface area contributed by atoms with E-state index in [-0.39, 0.29) is 5.91 Å². The molecule has 1 aliphatic carbocycles. The Balaban J connectivity index is 1.49. The molecule has 0 atom stereocenters. The Bertz CT molecular complexity index is 1190. The molecule has 30 heavy (non-hydrogen) atoms. The molecule has 0 radical (unpaired) electrons. The maximum atomic E-state index is 13.5. The van der Waals surface area contributed by atoms with Crippen LogP contribution in [-0.2, 0) is 10.2 Å². The normalized spacial score (nSPS) is 15.4. The van der Waals surface area contributed by atoms with Gasteiger partial charge in [0.25, 0.3) is 0 Å². The molecule has 1 N–H and O–H groups in total. The largest absolute Gasteiger partial charge is 0.325 e. The lowest BCUT2D eigenvalue weighted by atomic mass is 9.78. The van der Waals surface area contributed by atoms with E-state index in [0.29, 0.717) is 0 Å². The highest BCUT2D eigenvalue weighted by Gasteiger charge is 2.42. The molecule has 150 valence electrons. The third kappa shape index (κ3) is 3.16. The van der Waals surface area contributed by atoms with Crippen molar-refractivity contribution in [2.75, 3.05) is 5.32 Å². The molecule has 0 saturated heterocycles. The Morgan fingerprint density at radius 3 is 2.17 bits per heavy atom. The summed E-state index contributed by atoms with van der Waals surface area (Å²) in [6.45, 7) is 2.00. The maximum Gasteiger partial charge on any atom is 0.235 e. The van der Waals surface area contributed by atoms with Gasteiger partial charge in [0.1, 0.15) is 11.0 Å². The fourth-order valence-electron chi connectivity index (χ4n) is 4.50. The van der Waals surface area contributed by atoms with Crippen molar-refractivity contribution in [1.82, 2.24) is 15.0 Å². The molecule has 5 nitrogen and oxygen atoms in total. The number of aryl methyl sites for hydroxylation is 1. The quantitative estimate of drug-likeness (QED) is 0.517. The number of carbonyl (C=O) groups is 1. The summed E-state index contributed by atoms with van der Waals surface area (Å²) in [5, 5.41) is 12.4. The smallest absolute Gasteiger partial charge is 0.235 e. The van der Waals surface area contributed by atoms with E-state index in [1.165, 1.54) is 0 Å². The molecule has 3 aromatic carbocycles. The Morgan fingerprint density at radius 2 is 1.50 bits per heavy atom. The van der Waals surface area contributed by atoms with Crippen molar-refractivity contribution >= 4 is 22.6 Å². The lowest BCUT2D eigenvalue weighted by Gasteiger charge is -2.28. The summed E-state index contributed by atoms with van der Waals surface area (Å²) in [7, 11) is 0. The summed E-state index contributed by atoms with van der Waals surface area (Å²) in [5.74, 6) is 0.0732. The molecule has 5 rings (SSSR count). The van der Waals surface area contributed by atoms with E-state index in [4.69, 9.17) is 0 Å². The van der Waals surface area contributed by atoms with Gasteiger partial charge in [0.05, 0.1) is 11.1 Å². The number of nitrogens with one attached hydrogen (secondary N) is 1. The van der Waals surface area contributed by atoms with E-state index in [0.717, 1.165) is 59.2 Å². The van der Waals surface area contributed by atoms with Crippen LogP contribution in [0.5, 0.6) is 0 Å². The van der Waals surface area contributed by atoms with Gasteiger partial charge in [-0.1, -0.05) is 61.4 Å². The van der Waals surface area contributed by atoms with E-state index in [2.05, 4.69) is 27.6 Å². The van der Waals surface area contributed by atoms with Gasteiger partial charge >= 0.3 is 0 Å². The molecule has 1 amide bonds. The second kappa shape index (κ2) is 7.41. The maximum absolute atomic E-state index is 13.5. The van der Waals surface area contributed by atoms with Crippen molar-refractivity contribution in [1.29, 1.82) is 0 Å². The number of nitrogens with zero attached hydrogens (tertiary/aromatic N) is 3. The summed E-state index contributed by atoms with van der Waals surface area (Å²) in [6, 6.07) is 23.9. The van der Waals surface area contributed by atoms with E-state index >= 15 is 0 Å². The average molecular weight is 396 g/mol. The molecule has 1 fully saturated rings. The molecule has 1 saturated carbocycles. The number of para-hydroxylation sites is 1. The number of carbonyl (C=O) groups excluding carboxylic acids is 1. The van der Waals surface area contributed by atoms with Crippen LogP contribution in [0.4, 0.5) is 5.69 Å². The van der Waals surface area contributed by atoms with Crippen LogP contribution >= 0.6 is 0 Å². The minimum absolute atomic E-state index is 0.0732. The van der Waals surface area contributed by atoms with Crippen LogP contribution in [0.15, 0.2) is 72.8 Å². The predicted molar refractivity (Wildman–Crippen MR) is 119 cm³/mol. The molecule has 0 unspecified atom stereocenters. The van der Waals surface area contributed by atoms with E-state index < -0.39 is 5.41 Å². The number of hydrogen-bond donors (Lipinski definition) is 1.